The van der Waals surface area contributed by atoms with Gasteiger partial charge >= 0.3 is 0 Å². The summed E-state index contributed by atoms with van der Waals surface area (Å²) in [6, 6.07) is 9.29. The third-order valence-corrected chi connectivity index (χ3v) is 3.21. The minimum Gasteiger partial charge on any atom is -0.380 e. The van der Waals surface area contributed by atoms with Crippen molar-refractivity contribution in [1.82, 2.24) is 0 Å². The Morgan fingerprint density at radius 1 is 1.06 bits per heavy atom. The first kappa shape index (κ1) is 12.8. The van der Waals surface area contributed by atoms with Crippen molar-refractivity contribution in [3.8, 4) is 0 Å². The third kappa shape index (κ3) is 2.62. The highest BCUT2D eigenvalue weighted by Gasteiger charge is 2.09. The molecule has 2 rings (SSSR count). The first-order chi connectivity index (χ1) is 8.59. The largest absolute Gasteiger partial charge is 0.380 e. The van der Waals surface area contributed by atoms with Crippen LogP contribution in [0.25, 0.3) is 0 Å². The average Bonchev–Trinajstić information content (AvgIpc) is 2.33. The molecular weight excluding hydrogens is 256 g/mol. The van der Waals surface area contributed by atoms with Crippen LogP contribution in [0.1, 0.15) is 11.1 Å². The van der Waals surface area contributed by atoms with Crippen molar-refractivity contribution in [3.05, 3.63) is 64.2 Å². The SMILES string of the molecule is Cc1cccc(NCc2c(F)cccc2F)c1Cl. The van der Waals surface area contributed by atoms with E-state index in [1.165, 1.54) is 18.2 Å². The smallest absolute Gasteiger partial charge is 0.131 e. The topological polar surface area (TPSA) is 12.0 Å². The molecule has 2 aromatic carbocycles. The van der Waals surface area contributed by atoms with Gasteiger partial charge in [0.2, 0.25) is 0 Å². The monoisotopic (exact) mass is 267 g/mol. The normalized spacial score (nSPS) is 10.4. The van der Waals surface area contributed by atoms with Gasteiger partial charge in [0.15, 0.2) is 0 Å². The summed E-state index contributed by atoms with van der Waals surface area (Å²) in [5.41, 5.74) is 1.59. The molecule has 0 aliphatic carbocycles. The van der Waals surface area contributed by atoms with Crippen LogP contribution in [0, 0.1) is 18.6 Å². The van der Waals surface area contributed by atoms with Crippen molar-refractivity contribution in [3.63, 3.8) is 0 Å². The lowest BCUT2D eigenvalue weighted by atomic mass is 10.1. The molecule has 0 aliphatic rings. The molecule has 4 heteroatoms. The van der Waals surface area contributed by atoms with E-state index in [-0.39, 0.29) is 12.1 Å². The summed E-state index contributed by atoms with van der Waals surface area (Å²) in [5, 5.41) is 3.50. The van der Waals surface area contributed by atoms with Gasteiger partial charge in [0, 0.05) is 12.1 Å². The average molecular weight is 268 g/mol. The summed E-state index contributed by atoms with van der Waals surface area (Å²) in [6.07, 6.45) is 0. The van der Waals surface area contributed by atoms with E-state index in [1.807, 2.05) is 19.1 Å². The van der Waals surface area contributed by atoms with E-state index in [1.54, 1.807) is 6.07 Å². The highest BCUT2D eigenvalue weighted by Crippen LogP contribution is 2.26. The van der Waals surface area contributed by atoms with Gasteiger partial charge in [0.05, 0.1) is 10.7 Å². The van der Waals surface area contributed by atoms with Gasteiger partial charge in [-0.2, -0.15) is 0 Å². The molecule has 1 N–H and O–H groups in total. The molecule has 0 unspecified atom stereocenters. The number of hydrogen-bond donors (Lipinski definition) is 1. The van der Waals surface area contributed by atoms with E-state index >= 15 is 0 Å². The third-order valence-electron chi connectivity index (χ3n) is 2.71. The van der Waals surface area contributed by atoms with Crippen molar-refractivity contribution in [2.75, 3.05) is 5.32 Å². The lowest BCUT2D eigenvalue weighted by molar-refractivity contribution is 0.560. The molecule has 18 heavy (non-hydrogen) atoms. The summed E-state index contributed by atoms with van der Waals surface area (Å²) >= 11 is 6.09. The number of anilines is 1. The first-order valence-electron chi connectivity index (χ1n) is 5.51. The van der Waals surface area contributed by atoms with E-state index in [0.29, 0.717) is 10.7 Å². The van der Waals surface area contributed by atoms with Crippen molar-refractivity contribution >= 4 is 17.3 Å². The minimum absolute atomic E-state index is 0.00933. The van der Waals surface area contributed by atoms with Gasteiger partial charge < -0.3 is 5.32 Å². The molecule has 0 saturated carbocycles. The van der Waals surface area contributed by atoms with Crippen molar-refractivity contribution in [2.45, 2.75) is 13.5 Å². The van der Waals surface area contributed by atoms with Crippen LogP contribution in [0.3, 0.4) is 0 Å². The molecule has 0 amide bonds. The fraction of sp³-hybridized carbons (Fsp3) is 0.143. The van der Waals surface area contributed by atoms with Crippen molar-refractivity contribution in [1.29, 1.82) is 0 Å². The summed E-state index contributed by atoms with van der Waals surface area (Å²) in [5.74, 6) is -1.13. The van der Waals surface area contributed by atoms with Crippen LogP contribution in [-0.4, -0.2) is 0 Å². The molecule has 0 fully saturated rings. The molecule has 0 spiro atoms. The molecule has 0 saturated heterocycles. The predicted octanol–water partition coefficient (Wildman–Crippen LogP) is 4.54. The Labute approximate surface area is 109 Å². The highest BCUT2D eigenvalue weighted by molar-refractivity contribution is 6.33. The molecular formula is C14H12ClF2N. The molecule has 0 bridgehead atoms. The fourth-order valence-corrected chi connectivity index (χ4v) is 1.86. The second kappa shape index (κ2) is 5.36. The Bertz CT molecular complexity index is 549. The number of hydrogen-bond acceptors (Lipinski definition) is 1. The Morgan fingerprint density at radius 2 is 1.67 bits per heavy atom. The zero-order chi connectivity index (χ0) is 13.1. The summed E-state index contributed by atoms with van der Waals surface area (Å²) in [4.78, 5) is 0. The van der Waals surface area contributed by atoms with E-state index in [2.05, 4.69) is 5.32 Å². The summed E-state index contributed by atoms with van der Waals surface area (Å²) in [6.45, 7) is 1.93. The molecule has 0 radical (unpaired) electrons. The predicted molar refractivity (Wildman–Crippen MR) is 69.9 cm³/mol. The van der Waals surface area contributed by atoms with Gasteiger partial charge in [-0.05, 0) is 30.7 Å². The van der Waals surface area contributed by atoms with Gasteiger partial charge in [-0.1, -0.05) is 29.8 Å². The minimum atomic E-state index is -0.564. The van der Waals surface area contributed by atoms with Gasteiger partial charge in [-0.25, -0.2) is 8.78 Å². The van der Waals surface area contributed by atoms with Crippen LogP contribution in [-0.2, 0) is 6.54 Å². The van der Waals surface area contributed by atoms with E-state index in [9.17, 15) is 8.78 Å². The van der Waals surface area contributed by atoms with Crippen LogP contribution >= 0.6 is 11.6 Å². The maximum atomic E-state index is 13.4. The molecule has 1 nitrogen and oxygen atoms in total. The highest BCUT2D eigenvalue weighted by atomic mass is 35.5. The van der Waals surface area contributed by atoms with Crippen LogP contribution in [0.5, 0.6) is 0 Å². The maximum Gasteiger partial charge on any atom is 0.131 e. The number of rotatable bonds is 3. The molecule has 0 heterocycles. The number of nitrogens with one attached hydrogen (secondary N) is 1. The van der Waals surface area contributed by atoms with Gasteiger partial charge in [0.1, 0.15) is 11.6 Å². The van der Waals surface area contributed by atoms with Crippen LogP contribution < -0.4 is 5.32 Å². The zero-order valence-corrected chi connectivity index (χ0v) is 10.6. The standard InChI is InChI=1S/C14H12ClF2N/c1-9-4-2-7-13(14(9)15)18-8-10-11(16)5-3-6-12(10)17/h2-7,18H,8H2,1H3. The lowest BCUT2D eigenvalue weighted by Crippen LogP contribution is -2.05. The van der Waals surface area contributed by atoms with Crippen LogP contribution in [0.15, 0.2) is 36.4 Å². The van der Waals surface area contributed by atoms with Crippen molar-refractivity contribution in [2.24, 2.45) is 0 Å². The van der Waals surface area contributed by atoms with Gasteiger partial charge in [-0.3, -0.25) is 0 Å². The molecule has 0 atom stereocenters. The van der Waals surface area contributed by atoms with Crippen LogP contribution in [0.2, 0.25) is 5.02 Å². The quantitative estimate of drug-likeness (QED) is 0.861. The van der Waals surface area contributed by atoms with Gasteiger partial charge in [0.25, 0.3) is 0 Å². The Balaban J connectivity index is 2.19. The first-order valence-corrected chi connectivity index (χ1v) is 5.89. The van der Waals surface area contributed by atoms with E-state index < -0.39 is 11.6 Å². The molecule has 94 valence electrons. The lowest BCUT2D eigenvalue weighted by Gasteiger charge is -2.11. The Hall–Kier alpha value is -1.61. The number of halogens is 3. The number of aryl methyl sites for hydroxylation is 1. The van der Waals surface area contributed by atoms with E-state index in [4.69, 9.17) is 11.6 Å². The molecule has 0 aliphatic heterocycles. The fourth-order valence-electron chi connectivity index (χ4n) is 1.67. The second-order valence-corrected chi connectivity index (χ2v) is 4.37. The van der Waals surface area contributed by atoms with Crippen molar-refractivity contribution < 1.29 is 8.78 Å². The van der Waals surface area contributed by atoms with E-state index in [0.717, 1.165) is 5.56 Å². The molecule has 2 aromatic rings. The summed E-state index contributed by atoms with van der Waals surface area (Å²) in [7, 11) is 0. The Kier molecular flexibility index (Phi) is 3.82. The Morgan fingerprint density at radius 3 is 2.33 bits per heavy atom. The maximum absolute atomic E-state index is 13.4. The second-order valence-electron chi connectivity index (χ2n) is 3.99. The van der Waals surface area contributed by atoms with Crippen LogP contribution in [0.4, 0.5) is 14.5 Å². The number of benzene rings is 2. The summed E-state index contributed by atoms with van der Waals surface area (Å²) < 4.78 is 26.8. The zero-order valence-electron chi connectivity index (χ0n) is 9.81. The van der Waals surface area contributed by atoms with Gasteiger partial charge in [-0.15, -0.1) is 0 Å². The molecule has 0 aromatic heterocycles.